The van der Waals surface area contributed by atoms with Gasteiger partial charge < -0.3 is 15.3 Å². The molecule has 0 aromatic carbocycles. The van der Waals surface area contributed by atoms with Crippen molar-refractivity contribution in [2.24, 2.45) is 5.16 Å². The normalized spacial score (nSPS) is 20.9. The first-order valence-electron chi connectivity index (χ1n) is 8.61. The minimum Gasteiger partial charge on any atom is -0.477 e. The predicted molar refractivity (Wildman–Crippen MR) is 116 cm³/mol. The molecule has 2 atom stereocenters. The molecule has 2 aliphatic heterocycles. The number of oxime groups is 1. The third-order valence-corrected chi connectivity index (χ3v) is 8.13. The highest BCUT2D eigenvalue weighted by molar-refractivity contribution is 8.01. The van der Waals surface area contributed by atoms with Crippen LogP contribution >= 0.6 is 46.4 Å². The van der Waals surface area contributed by atoms with Crippen LogP contribution in [0.3, 0.4) is 0 Å². The summed E-state index contributed by atoms with van der Waals surface area (Å²) < 4.78 is 4.64. The maximum Gasteiger partial charge on any atom is 0.352 e. The van der Waals surface area contributed by atoms with Gasteiger partial charge in [-0.3, -0.25) is 14.5 Å². The number of carboxylic acid groups (broad SMARTS) is 1. The molecule has 1 fully saturated rings. The fourth-order valence-electron chi connectivity index (χ4n) is 3.00. The van der Waals surface area contributed by atoms with Crippen LogP contribution in [0.1, 0.15) is 5.69 Å². The van der Waals surface area contributed by atoms with Crippen LogP contribution < -0.4 is 5.32 Å². The molecule has 2 amide bonds. The van der Waals surface area contributed by atoms with Gasteiger partial charge in [0.15, 0.2) is 10.1 Å². The summed E-state index contributed by atoms with van der Waals surface area (Å²) in [7, 11) is 1.30. The van der Waals surface area contributed by atoms with Gasteiger partial charge in [-0.1, -0.05) is 16.9 Å². The molecule has 2 aliphatic rings. The molecule has 2 aromatic rings. The second-order valence-electron chi connectivity index (χ2n) is 6.11. The van der Waals surface area contributed by atoms with Gasteiger partial charge >= 0.3 is 5.97 Å². The molecule has 1 unspecified atom stereocenters. The number of rotatable bonds is 8. The Morgan fingerprint density at radius 3 is 2.94 bits per heavy atom. The number of fused-ring (bicyclic) bond motifs is 1. The number of carbonyl (C=O) groups is 3. The Hall–Kier alpha value is -2.49. The van der Waals surface area contributed by atoms with E-state index in [0.29, 0.717) is 22.8 Å². The molecule has 2 aromatic heterocycles. The number of hydrogen-bond donors (Lipinski definition) is 2. The van der Waals surface area contributed by atoms with Crippen LogP contribution in [0.2, 0.25) is 0 Å². The standard InChI is InChI=1S/C16H14N6O5S4/c1-27-21-9(8-4-28-6-18-8)12(23)20-10-13(24)22-11(15(25)26)7(2-29-14(10)22)3-30-16-17-5-19-31-16/h4-6,10,14H,2-3H2,1H3,(H,20,23)(H,25,26)/t10?,14-/m0/s1. The summed E-state index contributed by atoms with van der Waals surface area (Å²) in [6.45, 7) is 0. The molecule has 11 nitrogen and oxygen atoms in total. The molecule has 0 bridgehead atoms. The highest BCUT2D eigenvalue weighted by atomic mass is 32.2. The third kappa shape index (κ3) is 4.30. The van der Waals surface area contributed by atoms with Crippen molar-refractivity contribution in [3.63, 3.8) is 0 Å². The Morgan fingerprint density at radius 1 is 1.45 bits per heavy atom. The summed E-state index contributed by atoms with van der Waals surface area (Å²) in [5.41, 5.74) is 2.40. The summed E-state index contributed by atoms with van der Waals surface area (Å²) in [6, 6.07) is -0.870. The maximum atomic E-state index is 12.8. The Morgan fingerprint density at radius 2 is 2.29 bits per heavy atom. The van der Waals surface area contributed by atoms with Crippen molar-refractivity contribution >= 4 is 69.9 Å². The van der Waals surface area contributed by atoms with Gasteiger partial charge in [-0.2, -0.15) is 4.37 Å². The van der Waals surface area contributed by atoms with E-state index in [1.807, 2.05) is 0 Å². The van der Waals surface area contributed by atoms with E-state index in [9.17, 15) is 19.5 Å². The van der Waals surface area contributed by atoms with Gasteiger partial charge in [0.1, 0.15) is 36.2 Å². The van der Waals surface area contributed by atoms with Crippen LogP contribution in [0.25, 0.3) is 0 Å². The minimum absolute atomic E-state index is 0.0402. The topological polar surface area (TPSA) is 147 Å². The van der Waals surface area contributed by atoms with E-state index in [0.717, 1.165) is 4.34 Å². The summed E-state index contributed by atoms with van der Waals surface area (Å²) in [4.78, 5) is 51.5. The number of thioether (sulfide) groups is 2. The van der Waals surface area contributed by atoms with Crippen molar-refractivity contribution in [3.05, 3.63) is 34.2 Å². The van der Waals surface area contributed by atoms with Crippen molar-refractivity contribution in [1.82, 2.24) is 24.6 Å². The summed E-state index contributed by atoms with van der Waals surface area (Å²) in [5, 5.41) is 17.2. The zero-order valence-corrected chi connectivity index (χ0v) is 19.0. The van der Waals surface area contributed by atoms with E-state index >= 15 is 0 Å². The zero-order chi connectivity index (χ0) is 22.0. The third-order valence-electron chi connectivity index (χ3n) is 4.32. The highest BCUT2D eigenvalue weighted by Gasteiger charge is 2.54. The van der Waals surface area contributed by atoms with Gasteiger partial charge in [-0.15, -0.1) is 23.1 Å². The van der Waals surface area contributed by atoms with Crippen molar-refractivity contribution in [2.75, 3.05) is 18.6 Å². The van der Waals surface area contributed by atoms with E-state index in [2.05, 4.69) is 24.8 Å². The van der Waals surface area contributed by atoms with Crippen LogP contribution in [0.5, 0.6) is 0 Å². The first-order chi connectivity index (χ1) is 15.0. The average molecular weight is 499 g/mol. The van der Waals surface area contributed by atoms with Gasteiger partial charge in [0.2, 0.25) is 0 Å². The molecule has 15 heteroatoms. The molecule has 0 aliphatic carbocycles. The molecule has 162 valence electrons. The van der Waals surface area contributed by atoms with E-state index in [4.69, 9.17) is 4.84 Å². The number of aliphatic carboxylic acids is 1. The molecule has 0 radical (unpaired) electrons. The van der Waals surface area contributed by atoms with E-state index in [-0.39, 0.29) is 11.4 Å². The molecule has 31 heavy (non-hydrogen) atoms. The van der Waals surface area contributed by atoms with Crippen LogP contribution in [-0.2, 0) is 19.2 Å². The molecule has 1 saturated heterocycles. The summed E-state index contributed by atoms with van der Waals surface area (Å²) in [5.74, 6) is -1.49. The lowest BCUT2D eigenvalue weighted by atomic mass is 10.0. The fraction of sp³-hybridized carbons (Fsp3) is 0.312. The van der Waals surface area contributed by atoms with Crippen LogP contribution in [0, 0.1) is 0 Å². The molecular formula is C16H14N6O5S4. The zero-order valence-electron chi connectivity index (χ0n) is 15.8. The highest BCUT2D eigenvalue weighted by Crippen LogP contribution is 2.41. The largest absolute Gasteiger partial charge is 0.477 e. The second-order valence-corrected chi connectivity index (χ2v) is 9.94. The number of aromatic nitrogens is 3. The van der Waals surface area contributed by atoms with Crippen molar-refractivity contribution in [2.45, 2.75) is 15.8 Å². The minimum atomic E-state index is -1.18. The van der Waals surface area contributed by atoms with Gasteiger partial charge in [0.05, 0.1) is 5.51 Å². The average Bonchev–Trinajstić information content (AvgIpc) is 3.47. The molecule has 0 saturated carbocycles. The maximum absolute atomic E-state index is 12.8. The SMILES string of the molecule is CON=C(C(=O)NC1C(=O)N2C(C(=O)O)=C(CSc3ncns3)CS[C@@H]12)c1cscn1. The van der Waals surface area contributed by atoms with Crippen LogP contribution in [-0.4, -0.2) is 77.9 Å². The van der Waals surface area contributed by atoms with E-state index in [1.54, 1.807) is 10.9 Å². The number of thiazole rings is 1. The lowest BCUT2D eigenvalue weighted by Crippen LogP contribution is -2.71. The van der Waals surface area contributed by atoms with Gasteiger partial charge in [0, 0.05) is 16.9 Å². The Labute approximate surface area is 192 Å². The molecular weight excluding hydrogens is 484 g/mol. The van der Waals surface area contributed by atoms with Gasteiger partial charge in [-0.05, 0) is 17.1 Å². The molecule has 0 spiro atoms. The smallest absolute Gasteiger partial charge is 0.352 e. The Bertz CT molecular complexity index is 1050. The number of amides is 2. The Balaban J connectivity index is 1.49. The summed E-state index contributed by atoms with van der Waals surface area (Å²) in [6.07, 6.45) is 1.43. The van der Waals surface area contributed by atoms with Crippen molar-refractivity contribution in [1.29, 1.82) is 0 Å². The number of hydrogen-bond acceptors (Lipinski definition) is 12. The van der Waals surface area contributed by atoms with Crippen LogP contribution in [0.4, 0.5) is 0 Å². The number of nitrogens with zero attached hydrogens (tertiary/aromatic N) is 5. The molecule has 2 N–H and O–H groups in total. The second kappa shape index (κ2) is 9.33. The van der Waals surface area contributed by atoms with E-state index in [1.165, 1.54) is 64.7 Å². The van der Waals surface area contributed by atoms with Crippen molar-refractivity contribution < 1.29 is 24.3 Å². The van der Waals surface area contributed by atoms with E-state index < -0.39 is 29.2 Å². The summed E-state index contributed by atoms with van der Waals surface area (Å²) >= 11 is 5.27. The van der Waals surface area contributed by atoms with Crippen molar-refractivity contribution in [3.8, 4) is 0 Å². The Kier molecular flexibility index (Phi) is 6.54. The number of nitrogens with one attached hydrogen (secondary N) is 1. The van der Waals surface area contributed by atoms with Gasteiger partial charge in [0.25, 0.3) is 11.8 Å². The fourth-order valence-corrected chi connectivity index (χ4v) is 6.47. The number of carbonyl (C=O) groups excluding carboxylic acids is 2. The van der Waals surface area contributed by atoms with Gasteiger partial charge in [-0.25, -0.2) is 14.8 Å². The monoisotopic (exact) mass is 498 g/mol. The molecule has 4 heterocycles. The first kappa shape index (κ1) is 21.7. The quantitative estimate of drug-likeness (QED) is 0.233. The predicted octanol–water partition coefficient (Wildman–Crippen LogP) is 0.876. The van der Waals surface area contributed by atoms with Crippen LogP contribution in [0.15, 0.2) is 38.0 Å². The number of carboxylic acids is 1. The lowest BCUT2D eigenvalue weighted by molar-refractivity contribution is -0.150. The lowest BCUT2D eigenvalue weighted by Gasteiger charge is -2.49. The number of β-lactam (4-membered cyclic amide) rings is 1. The molecule has 4 rings (SSSR count). The first-order valence-corrected chi connectivity index (χ1v) is 12.4.